The highest BCUT2D eigenvalue weighted by Gasteiger charge is 2.18. The van der Waals surface area contributed by atoms with Gasteiger partial charge in [-0.05, 0) is 43.2 Å². The molecule has 0 aliphatic rings. The molecule has 0 aliphatic heterocycles. The maximum atomic E-state index is 14.9. The smallest absolute Gasteiger partial charge is 0.305 e. The molecule has 3 aromatic rings. The monoisotopic (exact) mass is 439 g/mol. The Bertz CT molecular complexity index is 1080. The number of aromatic nitrogens is 3. The summed E-state index contributed by atoms with van der Waals surface area (Å²) in [5.74, 6) is -1.34. The molecule has 0 radical (unpaired) electrons. The number of aliphatic carboxylic acids is 1. The molecule has 0 saturated carbocycles. The van der Waals surface area contributed by atoms with Crippen molar-refractivity contribution >= 4 is 17.6 Å². The minimum absolute atomic E-state index is 0.0152. The highest BCUT2D eigenvalue weighted by atomic mass is 19.1. The van der Waals surface area contributed by atoms with Gasteiger partial charge >= 0.3 is 5.97 Å². The van der Waals surface area contributed by atoms with Gasteiger partial charge in [-0.1, -0.05) is 19.4 Å². The van der Waals surface area contributed by atoms with Crippen LogP contribution < -0.4 is 10.6 Å². The van der Waals surface area contributed by atoms with E-state index in [1.54, 1.807) is 29.2 Å². The van der Waals surface area contributed by atoms with E-state index < -0.39 is 17.7 Å². The molecule has 0 saturated heterocycles. The van der Waals surface area contributed by atoms with Crippen molar-refractivity contribution in [2.75, 3.05) is 11.9 Å². The molecule has 0 aliphatic carbocycles. The molecular formula is C23H26FN5O3. The Morgan fingerprint density at radius 1 is 1.22 bits per heavy atom. The van der Waals surface area contributed by atoms with Gasteiger partial charge in [0.2, 0.25) is 0 Å². The van der Waals surface area contributed by atoms with Gasteiger partial charge in [-0.25, -0.2) is 14.1 Å². The minimum atomic E-state index is -1.01. The molecule has 168 valence electrons. The van der Waals surface area contributed by atoms with Crippen LogP contribution in [0.25, 0.3) is 5.82 Å². The number of hydrogen-bond acceptors (Lipinski definition) is 5. The molecule has 8 nitrogen and oxygen atoms in total. The highest BCUT2D eigenvalue weighted by molar-refractivity contribution is 5.94. The summed E-state index contributed by atoms with van der Waals surface area (Å²) in [6.45, 7) is 3.95. The van der Waals surface area contributed by atoms with E-state index >= 15 is 0 Å². The summed E-state index contributed by atoms with van der Waals surface area (Å²) < 4.78 is 16.6. The number of carbonyl (C=O) groups excluding carboxylic acids is 1. The lowest BCUT2D eigenvalue weighted by atomic mass is 9.99. The van der Waals surface area contributed by atoms with Gasteiger partial charge in [0.15, 0.2) is 5.82 Å². The van der Waals surface area contributed by atoms with Crippen molar-refractivity contribution in [3.05, 3.63) is 71.4 Å². The molecule has 1 atom stereocenters. The molecule has 0 bridgehead atoms. The number of nitrogens with one attached hydrogen (secondary N) is 2. The summed E-state index contributed by atoms with van der Waals surface area (Å²) in [5, 5.41) is 18.7. The van der Waals surface area contributed by atoms with Gasteiger partial charge in [0.1, 0.15) is 5.82 Å². The molecular weight excluding hydrogens is 413 g/mol. The Morgan fingerprint density at radius 2 is 2.03 bits per heavy atom. The third-order valence-electron chi connectivity index (χ3n) is 4.88. The van der Waals surface area contributed by atoms with Gasteiger partial charge in [-0.2, -0.15) is 5.10 Å². The molecule has 0 fully saturated rings. The Labute approximate surface area is 185 Å². The first-order valence-corrected chi connectivity index (χ1v) is 10.4. The second-order valence-electron chi connectivity index (χ2n) is 7.49. The van der Waals surface area contributed by atoms with Crippen LogP contribution in [0.4, 0.5) is 10.1 Å². The average molecular weight is 439 g/mol. The van der Waals surface area contributed by atoms with Gasteiger partial charge in [0.05, 0.1) is 30.5 Å². The van der Waals surface area contributed by atoms with Crippen molar-refractivity contribution in [2.24, 2.45) is 0 Å². The number of rotatable bonds is 10. The van der Waals surface area contributed by atoms with Gasteiger partial charge in [-0.3, -0.25) is 9.59 Å². The van der Waals surface area contributed by atoms with Crippen LogP contribution in [0.2, 0.25) is 0 Å². The third-order valence-corrected chi connectivity index (χ3v) is 4.88. The normalized spacial score (nSPS) is 11.7. The lowest BCUT2D eigenvalue weighted by Gasteiger charge is -2.21. The number of amides is 1. The van der Waals surface area contributed by atoms with Crippen molar-refractivity contribution in [1.82, 2.24) is 20.1 Å². The van der Waals surface area contributed by atoms with Gasteiger partial charge in [0, 0.05) is 23.9 Å². The van der Waals surface area contributed by atoms with E-state index in [1.165, 1.54) is 6.07 Å². The lowest BCUT2D eigenvalue weighted by Crippen LogP contribution is -2.26. The van der Waals surface area contributed by atoms with Gasteiger partial charge in [-0.15, -0.1) is 0 Å². The number of carbonyl (C=O) groups is 2. The first-order chi connectivity index (χ1) is 15.4. The summed E-state index contributed by atoms with van der Waals surface area (Å²) in [6.07, 6.45) is 6.63. The molecule has 2 aromatic heterocycles. The first-order valence-electron chi connectivity index (χ1n) is 10.4. The molecule has 9 heteroatoms. The van der Waals surface area contributed by atoms with Crippen LogP contribution >= 0.6 is 0 Å². The van der Waals surface area contributed by atoms with Crippen LogP contribution in [0.15, 0.2) is 48.9 Å². The largest absolute Gasteiger partial charge is 0.481 e. The predicted molar refractivity (Wildman–Crippen MR) is 118 cm³/mol. The summed E-state index contributed by atoms with van der Waals surface area (Å²) >= 11 is 0. The summed E-state index contributed by atoms with van der Waals surface area (Å²) in [4.78, 5) is 27.1. The quantitative estimate of drug-likeness (QED) is 0.442. The van der Waals surface area contributed by atoms with E-state index in [2.05, 4.69) is 20.7 Å². The van der Waals surface area contributed by atoms with E-state index in [0.717, 1.165) is 17.7 Å². The number of benzene rings is 1. The Balaban J connectivity index is 1.72. The van der Waals surface area contributed by atoms with Crippen LogP contribution in [0, 0.1) is 12.7 Å². The number of anilines is 1. The Hall–Kier alpha value is -3.75. The number of halogens is 1. The molecule has 1 unspecified atom stereocenters. The predicted octanol–water partition coefficient (Wildman–Crippen LogP) is 3.87. The number of aryl methyl sites for hydroxylation is 1. The third kappa shape index (κ3) is 5.90. The van der Waals surface area contributed by atoms with Crippen molar-refractivity contribution in [1.29, 1.82) is 0 Å². The van der Waals surface area contributed by atoms with E-state index in [9.17, 15) is 14.0 Å². The van der Waals surface area contributed by atoms with Crippen LogP contribution in [-0.2, 0) is 4.79 Å². The van der Waals surface area contributed by atoms with Crippen molar-refractivity contribution in [3.63, 3.8) is 0 Å². The van der Waals surface area contributed by atoms with E-state index in [1.807, 2.05) is 32.2 Å². The van der Waals surface area contributed by atoms with Crippen LogP contribution in [0.1, 0.15) is 53.7 Å². The topological polar surface area (TPSA) is 109 Å². The SMILES string of the molecule is CCCC(Nc1ccc(-n2cc(C)cn2)nc1)c1ccc(C(=O)NCCC(=O)O)cc1F. The lowest BCUT2D eigenvalue weighted by molar-refractivity contribution is -0.136. The number of carboxylic acids is 1. The maximum Gasteiger partial charge on any atom is 0.305 e. The number of hydrogen-bond donors (Lipinski definition) is 3. The maximum absolute atomic E-state index is 14.9. The fourth-order valence-electron chi connectivity index (χ4n) is 3.28. The molecule has 2 heterocycles. The summed E-state index contributed by atoms with van der Waals surface area (Å²) in [6, 6.07) is 7.70. The average Bonchev–Trinajstić information content (AvgIpc) is 3.20. The molecule has 0 spiro atoms. The standard InChI is InChI=1S/C23H26FN5O3/c1-3-4-20(28-17-6-8-21(26-13-17)29-14-15(2)12-27-29)18-7-5-16(11-19(18)24)23(32)25-10-9-22(30)31/h5-8,11-14,20,28H,3-4,9-10H2,1-2H3,(H,25,32)(H,30,31). The molecule has 1 aromatic carbocycles. The van der Waals surface area contributed by atoms with E-state index in [4.69, 9.17) is 5.11 Å². The van der Waals surface area contributed by atoms with Crippen LogP contribution in [0.3, 0.4) is 0 Å². The van der Waals surface area contributed by atoms with Gasteiger partial charge in [0.25, 0.3) is 5.91 Å². The fourth-order valence-corrected chi connectivity index (χ4v) is 3.28. The van der Waals surface area contributed by atoms with E-state index in [-0.39, 0.29) is 24.6 Å². The second kappa shape index (κ2) is 10.5. The zero-order valence-corrected chi connectivity index (χ0v) is 18.0. The van der Waals surface area contributed by atoms with E-state index in [0.29, 0.717) is 17.8 Å². The fraction of sp³-hybridized carbons (Fsp3) is 0.304. The Kier molecular flexibility index (Phi) is 7.54. The number of carboxylic acid groups (broad SMARTS) is 1. The Morgan fingerprint density at radius 3 is 2.62 bits per heavy atom. The summed E-state index contributed by atoms with van der Waals surface area (Å²) in [5.41, 5.74) is 2.37. The van der Waals surface area contributed by atoms with Crippen molar-refractivity contribution in [3.8, 4) is 5.82 Å². The van der Waals surface area contributed by atoms with Gasteiger partial charge < -0.3 is 15.7 Å². The molecule has 32 heavy (non-hydrogen) atoms. The van der Waals surface area contributed by atoms with Crippen LogP contribution in [0.5, 0.6) is 0 Å². The molecule has 3 N–H and O–H groups in total. The zero-order valence-electron chi connectivity index (χ0n) is 18.0. The van der Waals surface area contributed by atoms with Crippen molar-refractivity contribution < 1.29 is 19.1 Å². The molecule has 1 amide bonds. The van der Waals surface area contributed by atoms with Crippen LogP contribution in [-0.4, -0.2) is 38.3 Å². The van der Waals surface area contributed by atoms with Crippen molar-refractivity contribution in [2.45, 2.75) is 39.2 Å². The highest BCUT2D eigenvalue weighted by Crippen LogP contribution is 2.27. The second-order valence-corrected chi connectivity index (χ2v) is 7.49. The zero-order chi connectivity index (χ0) is 23.1. The number of nitrogens with zero attached hydrogens (tertiary/aromatic N) is 3. The summed E-state index contributed by atoms with van der Waals surface area (Å²) in [7, 11) is 0. The minimum Gasteiger partial charge on any atom is -0.481 e. The first kappa shape index (κ1) is 22.9. The number of pyridine rings is 1. The molecule has 3 rings (SSSR count).